The molecule has 0 atom stereocenters. The van der Waals surface area contributed by atoms with E-state index in [0.717, 1.165) is 25.9 Å². The topological polar surface area (TPSA) is 43.1 Å². The molecule has 0 N–H and O–H groups in total. The van der Waals surface area contributed by atoms with Crippen LogP contribution in [0.2, 0.25) is 0 Å². The summed E-state index contributed by atoms with van der Waals surface area (Å²) in [4.78, 5) is 17.7. The Morgan fingerprint density at radius 1 is 0.645 bits per heavy atom. The molecular formula is C26H13NO2S2. The molecule has 31 heavy (non-hydrogen) atoms. The summed E-state index contributed by atoms with van der Waals surface area (Å²) in [5, 5.41) is 3.94. The van der Waals surface area contributed by atoms with Crippen molar-refractivity contribution in [2.45, 2.75) is 0 Å². The van der Waals surface area contributed by atoms with Gasteiger partial charge in [-0.3, -0.25) is 4.79 Å². The molecule has 0 saturated carbocycles. The summed E-state index contributed by atoms with van der Waals surface area (Å²) >= 11 is 3.38. The molecule has 3 aromatic heterocycles. The van der Waals surface area contributed by atoms with Crippen molar-refractivity contribution >= 4 is 74.1 Å². The van der Waals surface area contributed by atoms with Crippen molar-refractivity contribution in [3.8, 4) is 11.5 Å². The Balaban J connectivity index is 1.45. The Hall–Kier alpha value is -3.54. The molecule has 0 aliphatic carbocycles. The lowest BCUT2D eigenvalue weighted by molar-refractivity contribution is 0.620. The van der Waals surface area contributed by atoms with Gasteiger partial charge < -0.3 is 4.42 Å². The van der Waals surface area contributed by atoms with Crippen LogP contribution in [0.4, 0.5) is 0 Å². The molecule has 4 aromatic carbocycles. The van der Waals surface area contributed by atoms with Crippen molar-refractivity contribution in [3.63, 3.8) is 0 Å². The lowest BCUT2D eigenvalue weighted by atomic mass is 10.1. The van der Waals surface area contributed by atoms with Crippen LogP contribution >= 0.6 is 22.7 Å². The van der Waals surface area contributed by atoms with Crippen molar-refractivity contribution in [2.24, 2.45) is 0 Å². The summed E-state index contributed by atoms with van der Waals surface area (Å²) in [7, 11) is 0. The molecule has 3 heterocycles. The molecule has 0 spiro atoms. The lowest BCUT2D eigenvalue weighted by Crippen LogP contribution is -2.00. The molecule has 0 amide bonds. The number of thiophene rings is 1. The number of rotatable bonds is 1. The third-order valence-electron chi connectivity index (χ3n) is 5.71. The molecule has 0 saturated heterocycles. The quantitative estimate of drug-likeness (QED) is 0.249. The highest BCUT2D eigenvalue weighted by atomic mass is 32.1. The minimum atomic E-state index is 0.0379. The van der Waals surface area contributed by atoms with E-state index in [1.54, 1.807) is 22.7 Å². The summed E-state index contributed by atoms with van der Waals surface area (Å²) < 4.78 is 10.5. The molecule has 0 fully saturated rings. The monoisotopic (exact) mass is 435 g/mol. The smallest absolute Gasteiger partial charge is 0.227 e. The number of hydrogen-bond acceptors (Lipinski definition) is 5. The second-order valence-corrected chi connectivity index (χ2v) is 9.74. The second-order valence-electron chi connectivity index (χ2n) is 7.57. The summed E-state index contributed by atoms with van der Waals surface area (Å²) in [6.07, 6.45) is 0. The van der Waals surface area contributed by atoms with Crippen LogP contribution in [0.1, 0.15) is 0 Å². The van der Waals surface area contributed by atoms with E-state index in [9.17, 15) is 4.79 Å². The van der Waals surface area contributed by atoms with Crippen LogP contribution < -0.4 is 5.43 Å². The van der Waals surface area contributed by atoms with E-state index in [1.807, 2.05) is 36.4 Å². The summed E-state index contributed by atoms with van der Waals surface area (Å²) in [6, 6.07) is 26.3. The van der Waals surface area contributed by atoms with E-state index < -0.39 is 0 Å². The normalized spacial score (nSPS) is 12.0. The van der Waals surface area contributed by atoms with E-state index in [4.69, 9.17) is 9.40 Å². The van der Waals surface area contributed by atoms with Crippen molar-refractivity contribution in [2.75, 3.05) is 0 Å². The predicted molar refractivity (Wildman–Crippen MR) is 131 cm³/mol. The third kappa shape index (κ3) is 2.51. The molecule has 0 aliphatic heterocycles. The standard InChI is InChI=1S/C26H13NO2S2/c28-25-17-6-2-4-8-22(17)31-24-13-19-20(12-18(24)25)29-26(27-19)14-9-10-16-15-5-1-3-7-21(15)30-23(16)11-14/h1-13H. The van der Waals surface area contributed by atoms with Crippen LogP contribution in [0.5, 0.6) is 0 Å². The fourth-order valence-electron chi connectivity index (χ4n) is 4.21. The SMILES string of the molecule is O=c1c2ccccc2sc2cc3nc(-c4ccc5c(c4)sc4ccccc45)oc3cc12. The highest BCUT2D eigenvalue weighted by molar-refractivity contribution is 7.26. The number of aromatic nitrogens is 1. The van der Waals surface area contributed by atoms with Crippen LogP contribution in [0, 0.1) is 0 Å². The van der Waals surface area contributed by atoms with E-state index >= 15 is 0 Å². The van der Waals surface area contributed by atoms with E-state index in [2.05, 4.69) is 42.5 Å². The highest BCUT2D eigenvalue weighted by Crippen LogP contribution is 2.37. The van der Waals surface area contributed by atoms with Gasteiger partial charge in [0, 0.05) is 45.9 Å². The van der Waals surface area contributed by atoms with Gasteiger partial charge in [-0.1, -0.05) is 36.4 Å². The van der Waals surface area contributed by atoms with Crippen molar-refractivity contribution in [1.82, 2.24) is 4.98 Å². The Morgan fingerprint density at radius 3 is 2.16 bits per heavy atom. The zero-order chi connectivity index (χ0) is 20.5. The van der Waals surface area contributed by atoms with Gasteiger partial charge in [0.05, 0.1) is 0 Å². The largest absolute Gasteiger partial charge is 0.436 e. The fraction of sp³-hybridized carbons (Fsp3) is 0. The summed E-state index contributed by atoms with van der Waals surface area (Å²) in [5.74, 6) is 0.576. The number of nitrogens with zero attached hydrogens (tertiary/aromatic N) is 1. The van der Waals surface area contributed by atoms with Gasteiger partial charge in [-0.2, -0.15) is 0 Å². The van der Waals surface area contributed by atoms with Crippen molar-refractivity contribution in [1.29, 1.82) is 0 Å². The molecular weight excluding hydrogens is 422 g/mol. The number of oxazole rings is 1. The predicted octanol–water partition coefficient (Wildman–Crippen LogP) is 7.59. The van der Waals surface area contributed by atoms with Gasteiger partial charge in [-0.15, -0.1) is 22.7 Å². The Bertz CT molecular complexity index is 1870. The van der Waals surface area contributed by atoms with E-state index in [0.29, 0.717) is 16.9 Å². The summed E-state index contributed by atoms with van der Waals surface area (Å²) in [5.41, 5.74) is 2.38. The van der Waals surface area contributed by atoms with Gasteiger partial charge in [-0.05, 0) is 42.5 Å². The van der Waals surface area contributed by atoms with E-state index in [1.165, 1.54) is 20.2 Å². The Labute approximate surface area is 183 Å². The van der Waals surface area contributed by atoms with Crippen LogP contribution in [0.3, 0.4) is 0 Å². The lowest BCUT2D eigenvalue weighted by Gasteiger charge is -2.00. The fourth-order valence-corrected chi connectivity index (χ4v) is 6.44. The Kier molecular flexibility index (Phi) is 3.45. The van der Waals surface area contributed by atoms with Gasteiger partial charge in [-0.25, -0.2) is 4.98 Å². The zero-order valence-corrected chi connectivity index (χ0v) is 17.7. The number of benzene rings is 4. The first kappa shape index (κ1) is 17.2. The van der Waals surface area contributed by atoms with Crippen LogP contribution in [-0.4, -0.2) is 4.98 Å². The molecule has 5 heteroatoms. The Morgan fingerprint density at radius 2 is 1.32 bits per heavy atom. The molecule has 3 nitrogen and oxygen atoms in total. The summed E-state index contributed by atoms with van der Waals surface area (Å²) in [6.45, 7) is 0. The van der Waals surface area contributed by atoms with Crippen molar-refractivity contribution < 1.29 is 4.42 Å². The van der Waals surface area contributed by atoms with Crippen LogP contribution in [0.15, 0.2) is 88.1 Å². The molecule has 7 rings (SSSR count). The maximum Gasteiger partial charge on any atom is 0.227 e. The number of fused-ring (bicyclic) bond motifs is 6. The molecule has 0 bridgehead atoms. The first-order valence-electron chi connectivity index (χ1n) is 9.92. The molecule has 0 radical (unpaired) electrons. The first-order valence-corrected chi connectivity index (χ1v) is 11.6. The zero-order valence-electron chi connectivity index (χ0n) is 16.1. The minimum Gasteiger partial charge on any atom is -0.436 e. The maximum absolute atomic E-state index is 13.0. The van der Waals surface area contributed by atoms with E-state index in [-0.39, 0.29) is 5.43 Å². The minimum absolute atomic E-state index is 0.0379. The highest BCUT2D eigenvalue weighted by Gasteiger charge is 2.14. The van der Waals surface area contributed by atoms with Crippen LogP contribution in [-0.2, 0) is 0 Å². The molecule has 146 valence electrons. The van der Waals surface area contributed by atoms with Gasteiger partial charge in [0.15, 0.2) is 11.0 Å². The molecule has 7 aromatic rings. The van der Waals surface area contributed by atoms with Gasteiger partial charge in [0.25, 0.3) is 0 Å². The second kappa shape index (κ2) is 6.23. The molecule has 0 aliphatic rings. The maximum atomic E-state index is 13.0. The van der Waals surface area contributed by atoms with Crippen molar-refractivity contribution in [3.05, 3.63) is 89.1 Å². The average molecular weight is 436 g/mol. The van der Waals surface area contributed by atoms with Crippen LogP contribution in [0.25, 0.3) is 62.9 Å². The first-order chi connectivity index (χ1) is 15.2. The van der Waals surface area contributed by atoms with Gasteiger partial charge >= 0.3 is 0 Å². The van der Waals surface area contributed by atoms with Gasteiger partial charge in [0.2, 0.25) is 5.89 Å². The van der Waals surface area contributed by atoms with Gasteiger partial charge in [0.1, 0.15) is 5.52 Å². The number of hydrogen-bond donors (Lipinski definition) is 0. The average Bonchev–Trinajstić information content (AvgIpc) is 3.38. The molecule has 0 unspecified atom stereocenters. The third-order valence-corrected chi connectivity index (χ3v) is 7.98.